The molecule has 0 bridgehead atoms. The molecule has 0 aliphatic carbocycles. The summed E-state index contributed by atoms with van der Waals surface area (Å²) >= 11 is 0. The van der Waals surface area contributed by atoms with Gasteiger partial charge in [0.15, 0.2) is 0 Å². The van der Waals surface area contributed by atoms with Gasteiger partial charge < -0.3 is 5.21 Å². The smallest absolute Gasteiger partial charge is 0.0209 e. The number of hydrogen-bond acceptors (Lipinski definition) is 2. The Kier molecular flexibility index (Phi) is 8.04. The molecule has 106 valence electrons. The fourth-order valence-corrected chi connectivity index (χ4v) is 1.54. The van der Waals surface area contributed by atoms with E-state index in [1.807, 2.05) is 50.2 Å². The fraction of sp³-hybridized carbons (Fsp3) is 0.222. The Morgan fingerprint density at radius 2 is 1.10 bits per heavy atom. The molecule has 0 fully saturated rings. The van der Waals surface area contributed by atoms with Crippen molar-refractivity contribution >= 4 is 12.2 Å². The van der Waals surface area contributed by atoms with Gasteiger partial charge in [0.1, 0.15) is 0 Å². The molecule has 1 N–H and O–H groups in total. The second kappa shape index (κ2) is 9.96. The topological polar surface area (TPSA) is 23.5 Å². The Labute approximate surface area is 122 Å². The number of rotatable bonds is 4. The molecule has 2 rings (SSSR count). The first-order chi connectivity index (χ1) is 9.76. The minimum absolute atomic E-state index is 0.719. The molecule has 0 spiro atoms. The first-order valence-corrected chi connectivity index (χ1v) is 6.98. The van der Waals surface area contributed by atoms with Crippen LogP contribution in [0, 0.1) is 0 Å². The van der Waals surface area contributed by atoms with E-state index in [2.05, 4.69) is 36.4 Å². The molecule has 0 radical (unpaired) electrons. The standard InChI is InChI=1S/C14H12.C4H11NO/c1-3-7-13(8-4-1)11-12-14-9-5-2-6-10-14;1-3-5(6)4-2/h1-12H;6H,3-4H2,1-2H3. The zero-order valence-electron chi connectivity index (χ0n) is 12.2. The third-order valence-electron chi connectivity index (χ3n) is 2.80. The average molecular weight is 269 g/mol. The lowest BCUT2D eigenvalue weighted by molar-refractivity contribution is -0.0813. The molecule has 20 heavy (non-hydrogen) atoms. The van der Waals surface area contributed by atoms with Gasteiger partial charge in [0, 0.05) is 13.1 Å². The second-order valence-electron chi connectivity index (χ2n) is 4.29. The van der Waals surface area contributed by atoms with Crippen LogP contribution in [0.25, 0.3) is 12.2 Å². The van der Waals surface area contributed by atoms with Crippen LogP contribution in [0.4, 0.5) is 0 Å². The Morgan fingerprint density at radius 3 is 1.35 bits per heavy atom. The van der Waals surface area contributed by atoms with Gasteiger partial charge in [-0.2, -0.15) is 5.06 Å². The summed E-state index contributed by atoms with van der Waals surface area (Å²) in [6, 6.07) is 20.6. The summed E-state index contributed by atoms with van der Waals surface area (Å²) in [7, 11) is 0. The Balaban J connectivity index is 0.000000286. The zero-order chi connectivity index (χ0) is 14.6. The van der Waals surface area contributed by atoms with Crippen LogP contribution >= 0.6 is 0 Å². The second-order valence-corrected chi connectivity index (χ2v) is 4.29. The van der Waals surface area contributed by atoms with Crippen molar-refractivity contribution in [3.8, 4) is 0 Å². The maximum atomic E-state index is 8.50. The molecule has 0 saturated heterocycles. The van der Waals surface area contributed by atoms with E-state index < -0.39 is 0 Å². The molecule has 2 heteroatoms. The van der Waals surface area contributed by atoms with Gasteiger partial charge in [0.05, 0.1) is 0 Å². The molecular weight excluding hydrogens is 246 g/mol. The maximum absolute atomic E-state index is 8.50. The van der Waals surface area contributed by atoms with Crippen LogP contribution in [0.1, 0.15) is 25.0 Å². The molecular formula is C18H23NO. The molecule has 0 aliphatic rings. The number of benzene rings is 2. The SMILES string of the molecule is C(=Cc1ccccc1)c1ccccc1.CCN(O)CC. The van der Waals surface area contributed by atoms with Crippen LogP contribution in [0.5, 0.6) is 0 Å². The summed E-state index contributed by atoms with van der Waals surface area (Å²) in [6.07, 6.45) is 4.24. The van der Waals surface area contributed by atoms with Crippen LogP contribution in [0.2, 0.25) is 0 Å². The Hall–Kier alpha value is -1.90. The zero-order valence-corrected chi connectivity index (χ0v) is 12.2. The summed E-state index contributed by atoms with van der Waals surface area (Å²) < 4.78 is 0. The van der Waals surface area contributed by atoms with E-state index in [-0.39, 0.29) is 0 Å². The van der Waals surface area contributed by atoms with Crippen molar-refractivity contribution in [3.63, 3.8) is 0 Å². The van der Waals surface area contributed by atoms with Gasteiger partial charge in [0.2, 0.25) is 0 Å². The molecule has 2 aromatic carbocycles. The largest absolute Gasteiger partial charge is 0.314 e. The predicted molar refractivity (Wildman–Crippen MR) is 86.5 cm³/mol. The Morgan fingerprint density at radius 1 is 0.750 bits per heavy atom. The van der Waals surface area contributed by atoms with E-state index in [9.17, 15) is 0 Å². The first kappa shape index (κ1) is 16.2. The minimum atomic E-state index is 0.719. The van der Waals surface area contributed by atoms with Gasteiger partial charge in [-0.15, -0.1) is 0 Å². The van der Waals surface area contributed by atoms with Crippen LogP contribution in [0.15, 0.2) is 60.7 Å². The van der Waals surface area contributed by atoms with Crippen molar-refractivity contribution in [3.05, 3.63) is 71.8 Å². The van der Waals surface area contributed by atoms with Crippen LogP contribution < -0.4 is 0 Å². The molecule has 0 amide bonds. The van der Waals surface area contributed by atoms with E-state index in [1.54, 1.807) is 0 Å². The number of nitrogens with zero attached hydrogens (tertiary/aromatic N) is 1. The van der Waals surface area contributed by atoms with Gasteiger partial charge in [-0.05, 0) is 11.1 Å². The van der Waals surface area contributed by atoms with E-state index >= 15 is 0 Å². The van der Waals surface area contributed by atoms with Crippen molar-refractivity contribution in [2.75, 3.05) is 13.1 Å². The Bertz CT molecular complexity index is 434. The monoisotopic (exact) mass is 269 g/mol. The average Bonchev–Trinajstić information content (AvgIpc) is 2.54. The number of hydrogen-bond donors (Lipinski definition) is 1. The van der Waals surface area contributed by atoms with Gasteiger partial charge in [0.25, 0.3) is 0 Å². The van der Waals surface area contributed by atoms with Crippen molar-refractivity contribution in [2.45, 2.75) is 13.8 Å². The van der Waals surface area contributed by atoms with Gasteiger partial charge >= 0.3 is 0 Å². The van der Waals surface area contributed by atoms with Crippen LogP contribution in [0.3, 0.4) is 0 Å². The van der Waals surface area contributed by atoms with Crippen molar-refractivity contribution in [2.24, 2.45) is 0 Å². The highest BCUT2D eigenvalue weighted by Gasteiger charge is 1.85. The van der Waals surface area contributed by atoms with Crippen molar-refractivity contribution in [1.29, 1.82) is 0 Å². The third-order valence-corrected chi connectivity index (χ3v) is 2.80. The first-order valence-electron chi connectivity index (χ1n) is 6.98. The van der Waals surface area contributed by atoms with Crippen LogP contribution in [-0.2, 0) is 0 Å². The molecule has 0 atom stereocenters. The van der Waals surface area contributed by atoms with Crippen LogP contribution in [-0.4, -0.2) is 23.4 Å². The van der Waals surface area contributed by atoms with E-state index in [0.717, 1.165) is 13.1 Å². The highest BCUT2D eigenvalue weighted by Crippen LogP contribution is 2.06. The molecule has 0 heterocycles. The van der Waals surface area contributed by atoms with E-state index in [0.29, 0.717) is 0 Å². The highest BCUT2D eigenvalue weighted by atomic mass is 16.5. The highest BCUT2D eigenvalue weighted by molar-refractivity contribution is 5.69. The predicted octanol–water partition coefficient (Wildman–Crippen LogP) is 4.57. The quantitative estimate of drug-likeness (QED) is 0.649. The number of hydroxylamine groups is 2. The molecule has 2 aromatic rings. The van der Waals surface area contributed by atoms with Gasteiger partial charge in [-0.1, -0.05) is 86.7 Å². The third kappa shape index (κ3) is 6.88. The molecule has 0 aromatic heterocycles. The lowest BCUT2D eigenvalue weighted by Gasteiger charge is -2.05. The summed E-state index contributed by atoms with van der Waals surface area (Å²) in [6.45, 7) is 5.25. The van der Waals surface area contributed by atoms with E-state index in [1.165, 1.54) is 16.2 Å². The summed E-state index contributed by atoms with van der Waals surface area (Å²) in [5, 5.41) is 9.75. The molecule has 2 nitrogen and oxygen atoms in total. The fourth-order valence-electron chi connectivity index (χ4n) is 1.54. The molecule has 0 saturated carbocycles. The van der Waals surface area contributed by atoms with Gasteiger partial charge in [-0.25, -0.2) is 0 Å². The lowest BCUT2D eigenvalue weighted by atomic mass is 10.1. The van der Waals surface area contributed by atoms with Crippen molar-refractivity contribution in [1.82, 2.24) is 5.06 Å². The summed E-state index contributed by atoms with van der Waals surface area (Å²) in [5.74, 6) is 0. The normalized spacial score (nSPS) is 10.4. The van der Waals surface area contributed by atoms with Crippen molar-refractivity contribution < 1.29 is 5.21 Å². The van der Waals surface area contributed by atoms with E-state index in [4.69, 9.17) is 5.21 Å². The summed E-state index contributed by atoms with van der Waals surface area (Å²) in [5.41, 5.74) is 2.47. The van der Waals surface area contributed by atoms with Gasteiger partial charge in [-0.3, -0.25) is 0 Å². The maximum Gasteiger partial charge on any atom is 0.0209 e. The lowest BCUT2D eigenvalue weighted by Crippen LogP contribution is -2.16. The minimum Gasteiger partial charge on any atom is -0.314 e. The summed E-state index contributed by atoms with van der Waals surface area (Å²) in [4.78, 5) is 0. The molecule has 0 unspecified atom stereocenters. The molecule has 0 aliphatic heterocycles.